The van der Waals surface area contributed by atoms with Crippen LogP contribution in [0.4, 0.5) is 17.1 Å². The zero-order chi connectivity index (χ0) is 37.1. The Balaban J connectivity index is 1.63. The first-order valence-electron chi connectivity index (χ1n) is 17.4. The number of anilines is 3. The topological polar surface area (TPSA) is 62.3 Å². The molecule has 7 nitrogen and oxygen atoms in total. The van der Waals surface area contributed by atoms with Gasteiger partial charge in [-0.05, 0) is 78.6 Å². The number of halogens is 2. The second-order valence-corrected chi connectivity index (χ2v) is 14.9. The van der Waals surface area contributed by atoms with E-state index in [1.807, 2.05) is 55.5 Å². The SMILES string of the molecule is COC(=O)/C=C1\C(Cc2ccccc2)C2(/C(=C(/C)C(=O)OC)N1c1ccccc1)N(Cc1ccc(Br)cc1)c1ccccc1N2Cc1ccc(Br)cc1. The molecule has 0 saturated carbocycles. The lowest BCUT2D eigenvalue weighted by atomic mass is 9.82. The van der Waals surface area contributed by atoms with Gasteiger partial charge >= 0.3 is 11.9 Å². The Hall–Kier alpha value is -5.12. The van der Waals surface area contributed by atoms with E-state index in [2.05, 4.69) is 131 Å². The van der Waals surface area contributed by atoms with E-state index in [1.54, 1.807) is 6.08 Å². The predicted molar refractivity (Wildman–Crippen MR) is 217 cm³/mol. The molecule has 0 N–H and O–H groups in total. The molecule has 1 saturated heterocycles. The summed E-state index contributed by atoms with van der Waals surface area (Å²) in [7, 11) is 2.81. The maximum atomic E-state index is 14.1. The summed E-state index contributed by atoms with van der Waals surface area (Å²) in [6.07, 6.45) is 2.13. The highest BCUT2D eigenvalue weighted by Gasteiger charge is 2.65. The largest absolute Gasteiger partial charge is 0.466 e. The minimum absolute atomic E-state index is 0.419. The predicted octanol–water partition coefficient (Wildman–Crippen LogP) is 9.82. The lowest BCUT2D eigenvalue weighted by Gasteiger charge is -2.48. The van der Waals surface area contributed by atoms with E-state index >= 15 is 0 Å². The third kappa shape index (κ3) is 6.80. The van der Waals surface area contributed by atoms with Crippen molar-refractivity contribution < 1.29 is 19.1 Å². The van der Waals surface area contributed by atoms with Crippen LogP contribution in [0.1, 0.15) is 23.6 Å². The van der Waals surface area contributed by atoms with Crippen molar-refractivity contribution >= 4 is 60.9 Å². The summed E-state index contributed by atoms with van der Waals surface area (Å²) < 4.78 is 12.9. The number of hydrogen-bond donors (Lipinski definition) is 0. The van der Waals surface area contributed by atoms with Gasteiger partial charge in [0, 0.05) is 39.5 Å². The molecule has 5 aromatic rings. The van der Waals surface area contributed by atoms with Crippen LogP contribution in [0.3, 0.4) is 0 Å². The second kappa shape index (κ2) is 15.5. The Morgan fingerprint density at radius 1 is 0.660 bits per heavy atom. The minimum atomic E-state index is -1.08. The van der Waals surface area contributed by atoms with Crippen molar-refractivity contribution in [3.05, 3.63) is 182 Å². The molecule has 5 aromatic carbocycles. The second-order valence-electron chi connectivity index (χ2n) is 13.1. The van der Waals surface area contributed by atoms with Crippen LogP contribution in [0.2, 0.25) is 0 Å². The molecule has 2 aliphatic heterocycles. The number of methoxy groups -OCH3 is 2. The molecule has 1 spiro atoms. The van der Waals surface area contributed by atoms with Gasteiger partial charge in [0.2, 0.25) is 0 Å². The molecule has 1 atom stereocenters. The highest BCUT2D eigenvalue weighted by Crippen LogP contribution is 2.61. The standard InChI is InChI=1S/C44H39Br2N3O4/c1-30(43(51)53-3)42-44(37(26-31-12-6-4-7-13-31)40(27-41(50)52-2)49(42)36-14-8-5-9-15-36)47(28-32-18-22-34(45)23-19-32)38-16-10-11-17-39(38)48(44)29-33-20-24-35(46)25-21-33/h4-25,27,37H,26,28-29H2,1-3H3/b40-27+,42-30+. The van der Waals surface area contributed by atoms with Crippen molar-refractivity contribution in [1.29, 1.82) is 0 Å². The van der Waals surface area contributed by atoms with Gasteiger partial charge in [0.1, 0.15) is 0 Å². The first kappa shape index (κ1) is 36.2. The fourth-order valence-corrected chi connectivity index (χ4v) is 8.36. The minimum Gasteiger partial charge on any atom is -0.466 e. The van der Waals surface area contributed by atoms with Gasteiger partial charge in [0.15, 0.2) is 5.66 Å². The Kier molecular flexibility index (Phi) is 10.6. The van der Waals surface area contributed by atoms with E-state index in [9.17, 15) is 9.59 Å². The maximum Gasteiger partial charge on any atom is 0.335 e. The summed E-state index contributed by atoms with van der Waals surface area (Å²) in [5, 5.41) is 0. The van der Waals surface area contributed by atoms with Crippen molar-refractivity contribution in [1.82, 2.24) is 0 Å². The molecule has 268 valence electrons. The van der Waals surface area contributed by atoms with Gasteiger partial charge in [-0.2, -0.15) is 0 Å². The summed E-state index contributed by atoms with van der Waals surface area (Å²) in [5.41, 5.74) is 6.83. The quantitative estimate of drug-likeness (QED) is 0.108. The molecule has 0 radical (unpaired) electrons. The van der Waals surface area contributed by atoms with E-state index in [0.29, 0.717) is 36.5 Å². The third-order valence-electron chi connectivity index (χ3n) is 10.1. The lowest BCUT2D eigenvalue weighted by Crippen LogP contribution is -2.62. The lowest BCUT2D eigenvalue weighted by molar-refractivity contribution is -0.136. The molecule has 53 heavy (non-hydrogen) atoms. The Morgan fingerprint density at radius 3 is 1.64 bits per heavy atom. The molecular formula is C44H39Br2N3O4. The number of carbonyl (C=O) groups is 2. The number of benzene rings is 5. The Morgan fingerprint density at radius 2 is 1.15 bits per heavy atom. The molecule has 0 aromatic heterocycles. The van der Waals surface area contributed by atoms with Gasteiger partial charge in [-0.3, -0.25) is 0 Å². The fraction of sp³-hybridized carbons (Fsp3) is 0.182. The highest BCUT2D eigenvalue weighted by atomic mass is 79.9. The molecule has 9 heteroatoms. The van der Waals surface area contributed by atoms with E-state index in [0.717, 1.165) is 42.7 Å². The van der Waals surface area contributed by atoms with Gasteiger partial charge < -0.3 is 24.2 Å². The van der Waals surface area contributed by atoms with Crippen LogP contribution in [0.5, 0.6) is 0 Å². The van der Waals surface area contributed by atoms with E-state index in [4.69, 9.17) is 9.47 Å². The highest BCUT2D eigenvalue weighted by molar-refractivity contribution is 9.10. The van der Waals surface area contributed by atoms with Crippen LogP contribution in [0.15, 0.2) is 165 Å². The van der Waals surface area contributed by atoms with Gasteiger partial charge in [0.05, 0.1) is 42.8 Å². The van der Waals surface area contributed by atoms with Crippen LogP contribution >= 0.6 is 31.9 Å². The third-order valence-corrected chi connectivity index (χ3v) is 11.1. The summed E-state index contributed by atoms with van der Waals surface area (Å²) in [6.45, 7) is 2.83. The molecule has 1 fully saturated rings. The zero-order valence-electron chi connectivity index (χ0n) is 29.7. The summed E-state index contributed by atoms with van der Waals surface area (Å²) in [4.78, 5) is 34.6. The van der Waals surface area contributed by atoms with E-state index in [-0.39, 0.29) is 0 Å². The van der Waals surface area contributed by atoms with Gasteiger partial charge in [-0.15, -0.1) is 0 Å². The molecule has 2 aliphatic rings. The first-order valence-corrected chi connectivity index (χ1v) is 19.0. The number of hydrogen-bond acceptors (Lipinski definition) is 7. The molecular weight excluding hydrogens is 794 g/mol. The van der Waals surface area contributed by atoms with E-state index < -0.39 is 23.5 Å². The van der Waals surface area contributed by atoms with Crippen molar-refractivity contribution in [3.63, 3.8) is 0 Å². The number of ether oxygens (including phenoxy) is 2. The number of fused-ring (bicyclic) bond motifs is 1. The average molecular weight is 834 g/mol. The van der Waals surface area contributed by atoms with Crippen molar-refractivity contribution in [3.8, 4) is 0 Å². The molecule has 0 bridgehead atoms. The monoisotopic (exact) mass is 831 g/mol. The molecule has 7 rings (SSSR count). The van der Waals surface area contributed by atoms with Gasteiger partial charge in [0.25, 0.3) is 0 Å². The Labute approximate surface area is 327 Å². The maximum absolute atomic E-state index is 14.1. The smallest absolute Gasteiger partial charge is 0.335 e. The van der Waals surface area contributed by atoms with Crippen molar-refractivity contribution in [2.45, 2.75) is 32.1 Å². The summed E-state index contributed by atoms with van der Waals surface area (Å²) in [6, 6.07) is 45.3. The first-order chi connectivity index (χ1) is 25.8. The Bertz CT molecular complexity index is 2100. The number of carbonyl (C=O) groups excluding carboxylic acids is 2. The molecule has 0 aliphatic carbocycles. The number of para-hydroxylation sites is 3. The van der Waals surface area contributed by atoms with Crippen LogP contribution in [-0.4, -0.2) is 31.8 Å². The van der Waals surface area contributed by atoms with Crippen LogP contribution in [0, 0.1) is 5.92 Å². The van der Waals surface area contributed by atoms with Crippen molar-refractivity contribution in [2.75, 3.05) is 28.9 Å². The van der Waals surface area contributed by atoms with E-state index in [1.165, 1.54) is 14.2 Å². The zero-order valence-corrected chi connectivity index (χ0v) is 32.9. The normalized spacial score (nSPS) is 17.6. The summed E-state index contributed by atoms with van der Waals surface area (Å²) >= 11 is 7.25. The fourth-order valence-electron chi connectivity index (χ4n) is 7.83. The van der Waals surface area contributed by atoms with Crippen LogP contribution in [0.25, 0.3) is 0 Å². The molecule has 2 heterocycles. The molecule has 0 amide bonds. The number of rotatable bonds is 9. The average Bonchev–Trinajstić information content (AvgIpc) is 3.61. The summed E-state index contributed by atoms with van der Waals surface area (Å²) in [5.74, 6) is -1.36. The molecule has 1 unspecified atom stereocenters. The van der Waals surface area contributed by atoms with Crippen LogP contribution in [-0.2, 0) is 38.6 Å². The number of nitrogens with zero attached hydrogens (tertiary/aromatic N) is 3. The van der Waals surface area contributed by atoms with Gasteiger partial charge in [-0.25, -0.2) is 9.59 Å². The van der Waals surface area contributed by atoms with Crippen LogP contribution < -0.4 is 14.7 Å². The van der Waals surface area contributed by atoms with Crippen molar-refractivity contribution in [2.24, 2.45) is 5.92 Å². The number of esters is 2. The van der Waals surface area contributed by atoms with Gasteiger partial charge in [-0.1, -0.05) is 117 Å².